The fraction of sp³-hybridized carbons (Fsp3) is 0.727. The summed E-state index contributed by atoms with van der Waals surface area (Å²) in [4.78, 5) is 11.1. The van der Waals surface area contributed by atoms with Gasteiger partial charge >= 0.3 is 5.97 Å². The molecule has 0 heterocycles. The van der Waals surface area contributed by atoms with Gasteiger partial charge in [-0.3, -0.25) is 0 Å². The Morgan fingerprint density at radius 3 is 2.25 bits per heavy atom. The minimum atomic E-state index is -0.373. The van der Waals surface area contributed by atoms with Crippen molar-refractivity contribution in [2.24, 2.45) is 0 Å². The van der Waals surface area contributed by atoms with Gasteiger partial charge in [-0.1, -0.05) is 13.5 Å². The first-order chi connectivity index (χ1) is 7.72. The molecule has 1 N–H and O–H groups in total. The molecule has 5 nitrogen and oxygen atoms in total. The van der Waals surface area contributed by atoms with Crippen LogP contribution in [0.2, 0.25) is 0 Å². The molecule has 0 amide bonds. The van der Waals surface area contributed by atoms with Crippen LogP contribution in [-0.2, 0) is 19.0 Å². The summed E-state index contributed by atoms with van der Waals surface area (Å²) in [6.45, 7) is 7.14. The highest BCUT2D eigenvalue weighted by Crippen LogP contribution is 1.98. The molecule has 0 aliphatic rings. The van der Waals surface area contributed by atoms with Gasteiger partial charge < -0.3 is 19.3 Å². The highest BCUT2D eigenvalue weighted by Gasteiger charge is 2.04. The van der Waals surface area contributed by atoms with Crippen LogP contribution in [0.3, 0.4) is 0 Å². The van der Waals surface area contributed by atoms with Gasteiger partial charge in [0.2, 0.25) is 0 Å². The second-order valence-electron chi connectivity index (χ2n) is 3.04. The summed E-state index contributed by atoms with van der Waals surface area (Å²) in [6.07, 6.45) is 0.592. The minimum absolute atomic E-state index is 0.0107. The third kappa shape index (κ3) is 8.40. The maximum atomic E-state index is 11.1. The molecule has 0 rings (SSSR count). The summed E-state index contributed by atoms with van der Waals surface area (Å²) >= 11 is 0. The van der Waals surface area contributed by atoms with Gasteiger partial charge in [-0.15, -0.1) is 0 Å². The zero-order chi connectivity index (χ0) is 12.2. The number of carbonyl (C=O) groups is 1. The normalized spacial score (nSPS) is 10.1. The van der Waals surface area contributed by atoms with Crippen LogP contribution >= 0.6 is 0 Å². The fourth-order valence-corrected chi connectivity index (χ4v) is 0.826. The lowest BCUT2D eigenvalue weighted by Crippen LogP contribution is -2.14. The summed E-state index contributed by atoms with van der Waals surface area (Å²) in [6, 6.07) is 0. The molecule has 0 atom stereocenters. The largest absolute Gasteiger partial charge is 0.460 e. The number of ether oxygens (including phenoxy) is 3. The molecular weight excluding hydrogens is 212 g/mol. The number of carbonyl (C=O) groups excluding carboxylic acids is 1. The highest BCUT2D eigenvalue weighted by atomic mass is 16.6. The van der Waals surface area contributed by atoms with Crippen molar-refractivity contribution < 1.29 is 24.1 Å². The summed E-state index contributed by atoms with van der Waals surface area (Å²) in [5.41, 5.74) is 0.464. The van der Waals surface area contributed by atoms with Crippen LogP contribution in [0.15, 0.2) is 12.2 Å². The second kappa shape index (κ2) is 10.6. The molecule has 0 unspecified atom stereocenters. The molecule has 94 valence electrons. The molecule has 0 spiro atoms. The quantitative estimate of drug-likeness (QED) is 0.338. The molecular formula is C11H20O5. The van der Waals surface area contributed by atoms with Crippen LogP contribution in [0, 0.1) is 0 Å². The average molecular weight is 232 g/mol. The molecule has 0 aliphatic heterocycles. The summed E-state index contributed by atoms with van der Waals surface area (Å²) in [5, 5.41) is 8.41. The third-order valence-corrected chi connectivity index (χ3v) is 1.78. The van der Waals surface area contributed by atoms with Gasteiger partial charge in [0.05, 0.1) is 33.0 Å². The Balaban J connectivity index is 3.21. The zero-order valence-electron chi connectivity index (χ0n) is 9.74. The van der Waals surface area contributed by atoms with E-state index >= 15 is 0 Å². The van der Waals surface area contributed by atoms with Crippen molar-refractivity contribution in [2.45, 2.75) is 13.3 Å². The SMILES string of the molecule is C=C(CC)C(=O)OCCOCCOCCO. The Morgan fingerprint density at radius 2 is 1.69 bits per heavy atom. The van der Waals surface area contributed by atoms with Crippen LogP contribution in [0.1, 0.15) is 13.3 Å². The van der Waals surface area contributed by atoms with Gasteiger partial charge in [-0.05, 0) is 6.42 Å². The standard InChI is InChI=1S/C11H20O5/c1-3-10(2)11(13)16-9-8-15-7-6-14-5-4-12/h12H,2-9H2,1H3. The first-order valence-electron chi connectivity index (χ1n) is 5.33. The molecule has 0 aromatic carbocycles. The van der Waals surface area contributed by atoms with Crippen LogP contribution < -0.4 is 0 Å². The Labute approximate surface area is 96.0 Å². The van der Waals surface area contributed by atoms with E-state index in [1.165, 1.54) is 0 Å². The molecule has 0 aliphatic carbocycles. The minimum Gasteiger partial charge on any atom is -0.460 e. The van der Waals surface area contributed by atoms with E-state index in [2.05, 4.69) is 6.58 Å². The number of hydrogen-bond donors (Lipinski definition) is 1. The van der Waals surface area contributed by atoms with Crippen molar-refractivity contribution in [1.82, 2.24) is 0 Å². The van der Waals surface area contributed by atoms with E-state index in [9.17, 15) is 4.79 Å². The molecule has 0 aromatic rings. The molecule has 0 bridgehead atoms. The van der Waals surface area contributed by atoms with Crippen LogP contribution in [0.25, 0.3) is 0 Å². The van der Waals surface area contributed by atoms with E-state index in [0.29, 0.717) is 38.4 Å². The molecule has 0 saturated heterocycles. The van der Waals surface area contributed by atoms with E-state index in [0.717, 1.165) is 0 Å². The van der Waals surface area contributed by atoms with Gasteiger partial charge in [0.25, 0.3) is 0 Å². The van der Waals surface area contributed by atoms with Crippen molar-refractivity contribution in [3.05, 3.63) is 12.2 Å². The predicted octanol–water partition coefficient (Wildman–Crippen LogP) is 0.521. The average Bonchev–Trinajstić information content (AvgIpc) is 2.31. The molecule has 0 radical (unpaired) electrons. The smallest absolute Gasteiger partial charge is 0.333 e. The van der Waals surface area contributed by atoms with E-state index in [1.54, 1.807) is 0 Å². The molecule has 0 fully saturated rings. The van der Waals surface area contributed by atoms with E-state index in [4.69, 9.17) is 19.3 Å². The third-order valence-electron chi connectivity index (χ3n) is 1.78. The monoisotopic (exact) mass is 232 g/mol. The maximum Gasteiger partial charge on any atom is 0.333 e. The topological polar surface area (TPSA) is 65.0 Å². The number of aliphatic hydroxyl groups excluding tert-OH is 1. The highest BCUT2D eigenvalue weighted by molar-refractivity contribution is 5.87. The molecule has 0 aromatic heterocycles. The first kappa shape index (κ1) is 15.1. The van der Waals surface area contributed by atoms with Crippen molar-refractivity contribution in [2.75, 3.05) is 39.6 Å². The number of aliphatic hydroxyl groups is 1. The van der Waals surface area contributed by atoms with Crippen molar-refractivity contribution in [3.8, 4) is 0 Å². The summed E-state index contributed by atoms with van der Waals surface area (Å²) in [7, 11) is 0. The Bertz CT molecular complexity index is 203. The summed E-state index contributed by atoms with van der Waals surface area (Å²) in [5.74, 6) is -0.373. The zero-order valence-corrected chi connectivity index (χ0v) is 9.74. The van der Waals surface area contributed by atoms with Crippen LogP contribution in [-0.4, -0.2) is 50.7 Å². The number of esters is 1. The lowest BCUT2D eigenvalue weighted by Gasteiger charge is -2.06. The van der Waals surface area contributed by atoms with Gasteiger partial charge in [-0.25, -0.2) is 4.79 Å². The summed E-state index contributed by atoms with van der Waals surface area (Å²) < 4.78 is 15.0. The Hall–Kier alpha value is -0.910. The Morgan fingerprint density at radius 1 is 1.12 bits per heavy atom. The van der Waals surface area contributed by atoms with Gasteiger partial charge in [-0.2, -0.15) is 0 Å². The maximum absolute atomic E-state index is 11.1. The Kier molecular flexibility index (Phi) is 10.00. The van der Waals surface area contributed by atoms with Crippen LogP contribution in [0.4, 0.5) is 0 Å². The van der Waals surface area contributed by atoms with Crippen molar-refractivity contribution >= 4 is 5.97 Å². The van der Waals surface area contributed by atoms with E-state index in [1.807, 2.05) is 6.92 Å². The first-order valence-corrected chi connectivity index (χ1v) is 5.33. The second-order valence-corrected chi connectivity index (χ2v) is 3.04. The lowest BCUT2D eigenvalue weighted by atomic mass is 10.2. The van der Waals surface area contributed by atoms with Crippen molar-refractivity contribution in [1.29, 1.82) is 0 Å². The van der Waals surface area contributed by atoms with E-state index < -0.39 is 0 Å². The molecule has 5 heteroatoms. The van der Waals surface area contributed by atoms with E-state index in [-0.39, 0.29) is 19.2 Å². The fourth-order valence-electron chi connectivity index (χ4n) is 0.826. The lowest BCUT2D eigenvalue weighted by molar-refractivity contribution is -0.140. The van der Waals surface area contributed by atoms with Crippen molar-refractivity contribution in [3.63, 3.8) is 0 Å². The number of hydrogen-bond acceptors (Lipinski definition) is 5. The van der Waals surface area contributed by atoms with Gasteiger partial charge in [0.15, 0.2) is 0 Å². The van der Waals surface area contributed by atoms with Gasteiger partial charge in [0, 0.05) is 5.57 Å². The molecule has 16 heavy (non-hydrogen) atoms. The molecule has 0 saturated carbocycles. The van der Waals surface area contributed by atoms with Crippen LogP contribution in [0.5, 0.6) is 0 Å². The number of rotatable bonds is 10. The van der Waals surface area contributed by atoms with Gasteiger partial charge in [0.1, 0.15) is 6.61 Å². The predicted molar refractivity (Wildman–Crippen MR) is 59.1 cm³/mol.